The van der Waals surface area contributed by atoms with Crippen LogP contribution in [-0.4, -0.2) is 97.3 Å². The van der Waals surface area contributed by atoms with E-state index < -0.39 is 6.10 Å². The first-order chi connectivity index (χ1) is 14.4. The molecular weight excluding hydrogens is 384 g/mol. The molecule has 0 aromatic carbocycles. The average molecular weight is 423 g/mol. The van der Waals surface area contributed by atoms with E-state index in [9.17, 15) is 9.90 Å². The first-order valence-electron chi connectivity index (χ1n) is 11.7. The highest BCUT2D eigenvalue weighted by Gasteiger charge is 2.59. The molecular formula is C23H38N2O5. The van der Waals surface area contributed by atoms with Gasteiger partial charge in [0, 0.05) is 57.0 Å². The summed E-state index contributed by atoms with van der Waals surface area (Å²) in [7, 11) is 0. The minimum Gasteiger partial charge on any atom is -0.461 e. The van der Waals surface area contributed by atoms with Crippen LogP contribution in [0.25, 0.3) is 0 Å². The standard InChI is InChI=1S/C23H38N2O5/c1-16-4-3-5-17-14-19-20(21(27)23(16,17)2)18(22(28)30-19)15-25-8-6-24(7-9-25)10-12-29-13-11-26/h5,16,18-21,26-27H,3-4,6-15H2,1-2H3/t16-,18-,19-,20-,21-,23-/m1/s1. The molecule has 0 bridgehead atoms. The Hall–Kier alpha value is -0.990. The largest absolute Gasteiger partial charge is 0.461 e. The number of hydrogen-bond donors (Lipinski definition) is 2. The Bertz CT molecular complexity index is 648. The molecule has 2 heterocycles. The lowest BCUT2D eigenvalue weighted by Crippen LogP contribution is -2.55. The summed E-state index contributed by atoms with van der Waals surface area (Å²) in [5, 5.41) is 20.3. The number of aliphatic hydroxyl groups excluding tert-OH is 2. The molecule has 7 heteroatoms. The molecule has 0 amide bonds. The predicted octanol–water partition coefficient (Wildman–Crippen LogP) is 0.898. The number of fused-ring (bicyclic) bond motifs is 2. The highest BCUT2D eigenvalue weighted by Crippen LogP contribution is 2.56. The highest BCUT2D eigenvalue weighted by atomic mass is 16.6. The molecule has 0 aromatic rings. The van der Waals surface area contributed by atoms with E-state index >= 15 is 0 Å². The van der Waals surface area contributed by atoms with E-state index in [0.717, 1.165) is 52.0 Å². The van der Waals surface area contributed by atoms with Gasteiger partial charge in [0.1, 0.15) is 6.10 Å². The van der Waals surface area contributed by atoms with Crippen molar-refractivity contribution in [1.29, 1.82) is 0 Å². The summed E-state index contributed by atoms with van der Waals surface area (Å²) in [5.74, 6) is -0.0529. The van der Waals surface area contributed by atoms with Crippen molar-refractivity contribution in [2.24, 2.45) is 23.2 Å². The van der Waals surface area contributed by atoms with Gasteiger partial charge in [0.05, 0.1) is 31.8 Å². The second-order valence-corrected chi connectivity index (χ2v) is 9.78. The summed E-state index contributed by atoms with van der Waals surface area (Å²) in [4.78, 5) is 17.5. The van der Waals surface area contributed by atoms with Crippen molar-refractivity contribution >= 4 is 5.97 Å². The van der Waals surface area contributed by atoms with Crippen LogP contribution >= 0.6 is 0 Å². The fourth-order valence-electron chi connectivity index (χ4n) is 6.11. The van der Waals surface area contributed by atoms with Crippen LogP contribution < -0.4 is 0 Å². The normalized spacial score (nSPS) is 39.9. The molecule has 0 radical (unpaired) electrons. The first kappa shape index (κ1) is 22.2. The van der Waals surface area contributed by atoms with Crippen LogP contribution in [0.3, 0.4) is 0 Å². The average Bonchev–Trinajstić information content (AvgIpc) is 3.04. The number of ether oxygens (including phenoxy) is 2. The van der Waals surface area contributed by atoms with E-state index in [4.69, 9.17) is 14.6 Å². The lowest BCUT2D eigenvalue weighted by molar-refractivity contribution is -0.145. The molecule has 4 aliphatic rings. The van der Waals surface area contributed by atoms with Crippen molar-refractivity contribution in [1.82, 2.24) is 9.80 Å². The summed E-state index contributed by atoms with van der Waals surface area (Å²) in [6.45, 7) is 10.8. The van der Waals surface area contributed by atoms with Crippen LogP contribution in [0.15, 0.2) is 11.6 Å². The van der Waals surface area contributed by atoms with Crippen molar-refractivity contribution in [2.45, 2.75) is 45.3 Å². The van der Waals surface area contributed by atoms with Gasteiger partial charge in [0.25, 0.3) is 0 Å². The number of carbonyl (C=O) groups is 1. The van der Waals surface area contributed by atoms with Crippen LogP contribution in [0.4, 0.5) is 0 Å². The van der Waals surface area contributed by atoms with Crippen molar-refractivity contribution in [2.75, 3.05) is 59.1 Å². The van der Waals surface area contributed by atoms with E-state index in [1.54, 1.807) is 0 Å². The smallest absolute Gasteiger partial charge is 0.311 e. The Morgan fingerprint density at radius 3 is 2.70 bits per heavy atom. The molecule has 1 saturated carbocycles. The van der Waals surface area contributed by atoms with Gasteiger partial charge in [-0.1, -0.05) is 25.5 Å². The quantitative estimate of drug-likeness (QED) is 0.358. The van der Waals surface area contributed by atoms with Gasteiger partial charge in [0.2, 0.25) is 0 Å². The third kappa shape index (κ3) is 4.07. The van der Waals surface area contributed by atoms with Crippen LogP contribution in [0, 0.1) is 23.2 Å². The summed E-state index contributed by atoms with van der Waals surface area (Å²) < 4.78 is 11.2. The Labute approximate surface area is 180 Å². The number of nitrogens with zero attached hydrogens (tertiary/aromatic N) is 2. The number of hydrogen-bond acceptors (Lipinski definition) is 7. The van der Waals surface area contributed by atoms with Crippen molar-refractivity contribution in [3.05, 3.63) is 11.6 Å². The van der Waals surface area contributed by atoms with Gasteiger partial charge in [-0.3, -0.25) is 14.6 Å². The number of aliphatic hydroxyl groups is 2. The van der Waals surface area contributed by atoms with E-state index in [2.05, 4.69) is 29.7 Å². The second-order valence-electron chi connectivity index (χ2n) is 9.78. The Morgan fingerprint density at radius 1 is 1.23 bits per heavy atom. The predicted molar refractivity (Wildman–Crippen MR) is 113 cm³/mol. The third-order valence-electron chi connectivity index (χ3n) is 8.28. The topological polar surface area (TPSA) is 82.5 Å². The molecule has 6 atom stereocenters. The van der Waals surface area contributed by atoms with Crippen molar-refractivity contribution in [3.63, 3.8) is 0 Å². The fraction of sp³-hybridized carbons (Fsp3) is 0.870. The van der Waals surface area contributed by atoms with E-state index in [1.165, 1.54) is 5.57 Å². The molecule has 2 aliphatic heterocycles. The fourth-order valence-corrected chi connectivity index (χ4v) is 6.11. The van der Waals surface area contributed by atoms with Crippen LogP contribution in [0.2, 0.25) is 0 Å². The number of rotatable bonds is 7. The Morgan fingerprint density at radius 2 is 1.97 bits per heavy atom. The van der Waals surface area contributed by atoms with Gasteiger partial charge < -0.3 is 19.7 Å². The molecule has 7 nitrogen and oxygen atoms in total. The van der Waals surface area contributed by atoms with Gasteiger partial charge in [-0.15, -0.1) is 0 Å². The van der Waals surface area contributed by atoms with E-state index in [0.29, 0.717) is 25.7 Å². The van der Waals surface area contributed by atoms with Gasteiger partial charge >= 0.3 is 5.97 Å². The monoisotopic (exact) mass is 422 g/mol. The molecule has 30 heavy (non-hydrogen) atoms. The summed E-state index contributed by atoms with van der Waals surface area (Å²) in [6.07, 6.45) is 4.52. The lowest BCUT2D eigenvalue weighted by atomic mass is 9.55. The number of carbonyl (C=O) groups excluding carboxylic acids is 1. The summed E-state index contributed by atoms with van der Waals surface area (Å²) >= 11 is 0. The molecule has 0 spiro atoms. The van der Waals surface area contributed by atoms with Crippen LogP contribution in [0.5, 0.6) is 0 Å². The van der Waals surface area contributed by atoms with Gasteiger partial charge in [-0.2, -0.15) is 0 Å². The lowest BCUT2D eigenvalue weighted by Gasteiger charge is -2.52. The molecule has 2 aliphatic carbocycles. The maximum atomic E-state index is 12.8. The second kappa shape index (κ2) is 9.25. The molecule has 4 rings (SSSR count). The Kier molecular flexibility index (Phi) is 6.85. The Balaban J connectivity index is 1.36. The van der Waals surface area contributed by atoms with Crippen LogP contribution in [0.1, 0.15) is 33.1 Å². The molecule has 2 saturated heterocycles. The van der Waals surface area contributed by atoms with Crippen LogP contribution in [-0.2, 0) is 14.3 Å². The zero-order valence-electron chi connectivity index (χ0n) is 18.5. The molecule has 2 N–H and O–H groups in total. The number of piperazine rings is 1. The zero-order chi connectivity index (χ0) is 21.3. The molecule has 0 unspecified atom stereocenters. The number of allylic oxidation sites excluding steroid dienone is 1. The molecule has 170 valence electrons. The summed E-state index contributed by atoms with van der Waals surface area (Å²) in [6, 6.07) is 0. The van der Waals surface area contributed by atoms with Gasteiger partial charge in [-0.25, -0.2) is 0 Å². The minimum atomic E-state index is -0.529. The maximum absolute atomic E-state index is 12.8. The van der Waals surface area contributed by atoms with Gasteiger partial charge in [-0.05, 0) is 18.8 Å². The maximum Gasteiger partial charge on any atom is 0.311 e. The minimum absolute atomic E-state index is 0.0639. The third-order valence-corrected chi connectivity index (χ3v) is 8.28. The highest BCUT2D eigenvalue weighted by molar-refractivity contribution is 5.76. The molecule has 0 aromatic heterocycles. The van der Waals surface area contributed by atoms with E-state index in [-0.39, 0.29) is 35.9 Å². The van der Waals surface area contributed by atoms with Crippen molar-refractivity contribution < 1.29 is 24.5 Å². The van der Waals surface area contributed by atoms with Gasteiger partial charge in [0.15, 0.2) is 0 Å². The first-order valence-corrected chi connectivity index (χ1v) is 11.7. The van der Waals surface area contributed by atoms with Crippen molar-refractivity contribution in [3.8, 4) is 0 Å². The summed E-state index contributed by atoms with van der Waals surface area (Å²) in [5.41, 5.74) is 1.05. The number of esters is 1. The zero-order valence-corrected chi connectivity index (χ0v) is 18.5. The molecule has 3 fully saturated rings. The van der Waals surface area contributed by atoms with E-state index in [1.807, 2.05) is 0 Å². The SMILES string of the molecule is C[C@@H]1CCC=C2C[C@H]3OC(=O)[C@H](CN4CCN(CCOCCO)CC4)[C@H]3[C@@H](O)[C@@]21C.